The summed E-state index contributed by atoms with van der Waals surface area (Å²) in [6.07, 6.45) is 0. The highest BCUT2D eigenvalue weighted by Crippen LogP contribution is 2.34. The van der Waals surface area contributed by atoms with Crippen LogP contribution in [-0.4, -0.2) is 10.1 Å². The molecule has 0 aliphatic heterocycles. The lowest BCUT2D eigenvalue weighted by molar-refractivity contribution is 0.457. The first-order valence-electron chi connectivity index (χ1n) is 10.5. The summed E-state index contributed by atoms with van der Waals surface area (Å²) in [6, 6.07) is 24.4. The number of phenolic OH excluding ortho intramolecular Hbond substituents is 1. The maximum Gasteiger partial charge on any atom is 0.197 e. The Labute approximate surface area is 200 Å². The van der Waals surface area contributed by atoms with Gasteiger partial charge in [0.25, 0.3) is 0 Å². The van der Waals surface area contributed by atoms with E-state index in [9.17, 15) is 9.90 Å². The molecule has 5 aromatic rings. The number of phenols is 1. The van der Waals surface area contributed by atoms with Crippen LogP contribution in [0.5, 0.6) is 17.2 Å². The van der Waals surface area contributed by atoms with Crippen molar-refractivity contribution in [2.75, 3.05) is 5.32 Å². The van der Waals surface area contributed by atoms with Gasteiger partial charge in [0.15, 0.2) is 5.43 Å². The third-order valence-corrected chi connectivity index (χ3v) is 5.37. The predicted octanol–water partition coefficient (Wildman–Crippen LogP) is 7.06. The van der Waals surface area contributed by atoms with Gasteiger partial charge in [0.05, 0.1) is 0 Å². The van der Waals surface area contributed by atoms with E-state index in [0.29, 0.717) is 28.1 Å². The Kier molecular flexibility index (Phi) is 5.65. The van der Waals surface area contributed by atoms with E-state index in [4.69, 9.17) is 20.8 Å². The number of nitrogens with one attached hydrogen (secondary N) is 1. The molecule has 0 spiro atoms. The number of benzene rings is 3. The monoisotopic (exact) mass is 470 g/mol. The Morgan fingerprint density at radius 2 is 1.68 bits per heavy atom. The van der Waals surface area contributed by atoms with Gasteiger partial charge in [-0.15, -0.1) is 0 Å². The van der Waals surface area contributed by atoms with Crippen molar-refractivity contribution in [3.63, 3.8) is 0 Å². The van der Waals surface area contributed by atoms with Gasteiger partial charge in [0.1, 0.15) is 39.8 Å². The molecule has 0 unspecified atom stereocenters. The van der Waals surface area contributed by atoms with Crippen LogP contribution in [0.25, 0.3) is 22.3 Å². The molecule has 0 amide bonds. The lowest BCUT2D eigenvalue weighted by Crippen LogP contribution is -2.01. The maximum atomic E-state index is 12.7. The van der Waals surface area contributed by atoms with Gasteiger partial charge in [-0.05, 0) is 31.2 Å². The molecule has 0 aliphatic rings. The van der Waals surface area contributed by atoms with Crippen LogP contribution in [0.4, 0.5) is 11.5 Å². The molecule has 0 aliphatic carbocycles. The van der Waals surface area contributed by atoms with Crippen molar-refractivity contribution in [2.45, 2.75) is 6.92 Å². The SMILES string of the molecule is Cc1cc(Oc2cc(O)c3c(=O)cc(-c4ccccc4)oc3c2)cc(Nc2ccc(Cl)cc2)n1. The molecule has 2 heterocycles. The summed E-state index contributed by atoms with van der Waals surface area (Å²) in [7, 11) is 0. The first kappa shape index (κ1) is 21.6. The minimum atomic E-state index is -0.335. The summed E-state index contributed by atoms with van der Waals surface area (Å²) in [4.78, 5) is 17.1. The number of aryl methyl sites for hydroxylation is 1. The summed E-state index contributed by atoms with van der Waals surface area (Å²) in [6.45, 7) is 1.85. The molecular formula is C27H19ClN2O4. The van der Waals surface area contributed by atoms with E-state index in [1.807, 2.05) is 49.4 Å². The Balaban J connectivity index is 1.49. The van der Waals surface area contributed by atoms with Gasteiger partial charge in [-0.3, -0.25) is 4.79 Å². The number of hydrogen-bond acceptors (Lipinski definition) is 6. The molecule has 0 fully saturated rings. The van der Waals surface area contributed by atoms with E-state index in [1.165, 1.54) is 12.1 Å². The fourth-order valence-electron chi connectivity index (χ4n) is 3.62. The molecular weight excluding hydrogens is 452 g/mol. The third kappa shape index (κ3) is 4.58. The van der Waals surface area contributed by atoms with Crippen molar-refractivity contribution >= 4 is 34.1 Å². The van der Waals surface area contributed by atoms with E-state index >= 15 is 0 Å². The van der Waals surface area contributed by atoms with Crippen LogP contribution in [0.15, 0.2) is 94.1 Å². The second-order valence-corrected chi connectivity index (χ2v) is 8.16. The second kappa shape index (κ2) is 8.92. The normalized spacial score (nSPS) is 10.9. The fraction of sp³-hybridized carbons (Fsp3) is 0.0370. The van der Waals surface area contributed by atoms with Gasteiger partial charge >= 0.3 is 0 Å². The lowest BCUT2D eigenvalue weighted by atomic mass is 10.1. The molecule has 6 nitrogen and oxygen atoms in total. The first-order chi connectivity index (χ1) is 16.4. The minimum Gasteiger partial charge on any atom is -0.507 e. The Bertz CT molecular complexity index is 1550. The van der Waals surface area contributed by atoms with Gasteiger partial charge in [-0.1, -0.05) is 41.9 Å². The average Bonchev–Trinajstić information content (AvgIpc) is 2.80. The maximum absolute atomic E-state index is 12.7. The van der Waals surface area contributed by atoms with Gasteiger partial charge in [0.2, 0.25) is 0 Å². The van der Waals surface area contributed by atoms with Crippen LogP contribution in [-0.2, 0) is 0 Å². The Morgan fingerprint density at radius 3 is 2.44 bits per heavy atom. The largest absolute Gasteiger partial charge is 0.507 e. The third-order valence-electron chi connectivity index (χ3n) is 5.12. The van der Waals surface area contributed by atoms with Crippen LogP contribution >= 0.6 is 11.6 Å². The van der Waals surface area contributed by atoms with Crippen molar-refractivity contribution in [1.82, 2.24) is 4.98 Å². The Morgan fingerprint density at radius 1 is 0.941 bits per heavy atom. The predicted molar refractivity (Wildman–Crippen MR) is 133 cm³/mol. The number of fused-ring (bicyclic) bond motifs is 1. The van der Waals surface area contributed by atoms with E-state index in [1.54, 1.807) is 30.3 Å². The topological polar surface area (TPSA) is 84.6 Å². The smallest absolute Gasteiger partial charge is 0.197 e. The number of pyridine rings is 1. The second-order valence-electron chi connectivity index (χ2n) is 7.72. The Hall–Kier alpha value is -4.29. The highest BCUT2D eigenvalue weighted by atomic mass is 35.5. The van der Waals surface area contributed by atoms with E-state index < -0.39 is 0 Å². The lowest BCUT2D eigenvalue weighted by Gasteiger charge is -2.12. The number of aromatic nitrogens is 1. The number of ether oxygens (including phenoxy) is 1. The van der Waals surface area contributed by atoms with E-state index in [2.05, 4.69) is 10.3 Å². The van der Waals surface area contributed by atoms with Crippen LogP contribution in [0.3, 0.4) is 0 Å². The highest BCUT2D eigenvalue weighted by molar-refractivity contribution is 6.30. The zero-order valence-corrected chi connectivity index (χ0v) is 18.8. The average molecular weight is 471 g/mol. The number of hydrogen-bond donors (Lipinski definition) is 2. The van der Waals surface area contributed by atoms with Gasteiger partial charge in [-0.2, -0.15) is 0 Å². The van der Waals surface area contributed by atoms with Crippen LogP contribution in [0, 0.1) is 6.92 Å². The standard InChI is InChI=1S/C27H19ClN2O4/c1-16-11-20(14-26(29-16)30-19-9-7-18(28)8-10-19)33-21-12-22(31)27-23(32)15-24(34-25(27)13-21)17-5-3-2-4-6-17/h2-15,31H,1H3,(H,29,30). The van der Waals surface area contributed by atoms with Gasteiger partial charge < -0.3 is 19.6 Å². The zero-order valence-electron chi connectivity index (χ0n) is 18.1. The molecule has 0 saturated carbocycles. The summed E-state index contributed by atoms with van der Waals surface area (Å²) in [5, 5.41) is 14.5. The molecule has 34 heavy (non-hydrogen) atoms. The van der Waals surface area contributed by atoms with Crippen molar-refractivity contribution in [2.24, 2.45) is 0 Å². The molecule has 0 bridgehead atoms. The summed E-state index contributed by atoms with van der Waals surface area (Å²) in [5.74, 6) is 1.60. The van der Waals surface area contributed by atoms with E-state index in [-0.39, 0.29) is 22.1 Å². The molecule has 3 aromatic carbocycles. The molecule has 0 radical (unpaired) electrons. The van der Waals surface area contributed by atoms with Gasteiger partial charge in [-0.25, -0.2) is 4.98 Å². The van der Waals surface area contributed by atoms with Crippen molar-refractivity contribution in [1.29, 1.82) is 0 Å². The van der Waals surface area contributed by atoms with E-state index in [0.717, 1.165) is 16.9 Å². The van der Waals surface area contributed by atoms with Crippen molar-refractivity contribution in [3.05, 3.63) is 106 Å². The summed E-state index contributed by atoms with van der Waals surface area (Å²) < 4.78 is 12.0. The summed E-state index contributed by atoms with van der Waals surface area (Å²) in [5.41, 5.74) is 2.21. The number of halogens is 1. The molecule has 0 atom stereocenters. The van der Waals surface area contributed by atoms with Crippen LogP contribution in [0.1, 0.15) is 5.69 Å². The number of anilines is 2. The molecule has 7 heteroatoms. The molecule has 5 rings (SSSR count). The van der Waals surface area contributed by atoms with Crippen molar-refractivity contribution < 1.29 is 14.3 Å². The first-order valence-corrected chi connectivity index (χ1v) is 10.9. The van der Waals surface area contributed by atoms with Gasteiger partial charge in [0, 0.05) is 52.3 Å². The molecule has 2 aromatic heterocycles. The minimum absolute atomic E-state index is 0.100. The van der Waals surface area contributed by atoms with Crippen LogP contribution in [0.2, 0.25) is 5.02 Å². The molecule has 0 saturated heterocycles. The summed E-state index contributed by atoms with van der Waals surface area (Å²) >= 11 is 5.95. The van der Waals surface area contributed by atoms with Crippen molar-refractivity contribution in [3.8, 4) is 28.6 Å². The molecule has 168 valence electrons. The zero-order chi connectivity index (χ0) is 23.7. The van der Waals surface area contributed by atoms with Crippen LogP contribution < -0.4 is 15.5 Å². The fourth-order valence-corrected chi connectivity index (χ4v) is 3.75. The highest BCUT2D eigenvalue weighted by Gasteiger charge is 2.14. The molecule has 2 N–H and O–H groups in total. The number of nitrogens with zero attached hydrogens (tertiary/aromatic N) is 1. The number of aromatic hydroxyl groups is 1. The quantitative estimate of drug-likeness (QED) is 0.286. The number of rotatable bonds is 5.